The Morgan fingerprint density at radius 1 is 1.37 bits per heavy atom. The Morgan fingerprint density at radius 2 is 2.05 bits per heavy atom. The van der Waals surface area contributed by atoms with Gasteiger partial charge >= 0.3 is 0 Å². The summed E-state index contributed by atoms with van der Waals surface area (Å²) in [4.78, 5) is 7.65. The van der Waals surface area contributed by atoms with Crippen molar-refractivity contribution in [1.82, 2.24) is 10.2 Å². The topological polar surface area (TPSA) is 27.6 Å². The van der Waals surface area contributed by atoms with Crippen molar-refractivity contribution in [3.63, 3.8) is 0 Å². The van der Waals surface area contributed by atoms with Crippen LogP contribution in [0.3, 0.4) is 0 Å². The lowest BCUT2D eigenvalue weighted by molar-refractivity contribution is 0.0574. The third-order valence-corrected chi connectivity index (χ3v) is 6.59. The summed E-state index contributed by atoms with van der Waals surface area (Å²) in [5.74, 6) is 1.17. The molecule has 4 heteroatoms. The second-order valence-electron chi connectivity index (χ2n) is 6.79. The molecule has 108 valence electrons. The van der Waals surface area contributed by atoms with Gasteiger partial charge in [0.05, 0.1) is 6.04 Å². The Hall–Kier alpha value is -0.220. The lowest BCUT2D eigenvalue weighted by Crippen LogP contribution is -2.51. The number of rotatable bonds is 2. The number of amidine groups is 1. The summed E-state index contributed by atoms with van der Waals surface area (Å²) in [5.41, 5.74) is 0.269. The first-order chi connectivity index (χ1) is 9.09. The van der Waals surface area contributed by atoms with Gasteiger partial charge in [0.15, 0.2) is 5.17 Å². The molecule has 0 aliphatic carbocycles. The number of hydrogen-bond donors (Lipinski definition) is 1. The summed E-state index contributed by atoms with van der Waals surface area (Å²) >= 11 is 1.92. The Kier molecular flexibility index (Phi) is 3.82. The van der Waals surface area contributed by atoms with Crippen LogP contribution in [0, 0.1) is 0 Å². The molecule has 0 aromatic heterocycles. The Bertz CT molecular complexity index is 356. The number of thioether (sulfide) groups is 1. The standard InChI is InChI=1S/C15H27N3S/c1-4-15(2)10-19-14(17-15)16-11-8-12-6-5-7-13(9-11)18(12)3/h11-13H,4-10H2,1-3H3,(H,16,17). The number of aliphatic imine (C=N–C) groups is 1. The van der Waals surface area contributed by atoms with E-state index in [4.69, 9.17) is 4.99 Å². The average molecular weight is 281 g/mol. The van der Waals surface area contributed by atoms with Gasteiger partial charge in [0.25, 0.3) is 0 Å². The van der Waals surface area contributed by atoms with E-state index in [1.807, 2.05) is 11.8 Å². The van der Waals surface area contributed by atoms with Crippen LogP contribution in [0.5, 0.6) is 0 Å². The first-order valence-electron chi connectivity index (χ1n) is 7.80. The van der Waals surface area contributed by atoms with Crippen molar-refractivity contribution in [1.29, 1.82) is 0 Å². The molecule has 3 aliphatic rings. The number of hydrogen-bond acceptors (Lipinski definition) is 3. The SMILES string of the molecule is CCC1(C)CSC(=NC2CC3CCCC(C2)N3C)N1. The van der Waals surface area contributed by atoms with E-state index in [0.29, 0.717) is 6.04 Å². The predicted molar refractivity (Wildman–Crippen MR) is 83.9 cm³/mol. The van der Waals surface area contributed by atoms with Crippen LogP contribution in [-0.2, 0) is 0 Å². The Morgan fingerprint density at radius 3 is 2.63 bits per heavy atom. The van der Waals surface area contributed by atoms with Crippen molar-refractivity contribution in [2.45, 2.75) is 76.0 Å². The molecular formula is C15H27N3S. The molecule has 0 radical (unpaired) electrons. The van der Waals surface area contributed by atoms with Gasteiger partial charge in [0.2, 0.25) is 0 Å². The van der Waals surface area contributed by atoms with Gasteiger partial charge in [0, 0.05) is 23.4 Å². The second kappa shape index (κ2) is 5.28. The molecule has 3 fully saturated rings. The Balaban J connectivity index is 1.65. The van der Waals surface area contributed by atoms with Gasteiger partial charge < -0.3 is 10.2 Å². The highest BCUT2D eigenvalue weighted by atomic mass is 32.2. The molecule has 3 atom stereocenters. The summed E-state index contributed by atoms with van der Waals surface area (Å²) in [6.07, 6.45) is 7.88. The zero-order valence-corrected chi connectivity index (χ0v) is 13.3. The third kappa shape index (κ3) is 2.80. The largest absolute Gasteiger partial charge is 0.359 e. The van der Waals surface area contributed by atoms with E-state index >= 15 is 0 Å². The van der Waals surface area contributed by atoms with Gasteiger partial charge in [-0.05, 0) is 46.1 Å². The maximum Gasteiger partial charge on any atom is 0.157 e. The van der Waals surface area contributed by atoms with Crippen molar-refractivity contribution in [2.75, 3.05) is 12.8 Å². The van der Waals surface area contributed by atoms with Crippen molar-refractivity contribution >= 4 is 16.9 Å². The van der Waals surface area contributed by atoms with Crippen LogP contribution in [0.15, 0.2) is 4.99 Å². The minimum atomic E-state index is 0.269. The zero-order valence-electron chi connectivity index (χ0n) is 12.5. The van der Waals surface area contributed by atoms with Gasteiger partial charge in [-0.1, -0.05) is 25.1 Å². The molecule has 3 aliphatic heterocycles. The fraction of sp³-hybridized carbons (Fsp3) is 0.933. The van der Waals surface area contributed by atoms with E-state index in [0.717, 1.165) is 12.1 Å². The highest BCUT2D eigenvalue weighted by Gasteiger charge is 2.37. The molecule has 19 heavy (non-hydrogen) atoms. The fourth-order valence-electron chi connectivity index (χ4n) is 3.68. The number of piperidine rings is 2. The first-order valence-corrected chi connectivity index (χ1v) is 8.79. The third-order valence-electron chi connectivity index (χ3n) is 5.33. The maximum absolute atomic E-state index is 5.04. The normalized spacial score (nSPS) is 45.4. The van der Waals surface area contributed by atoms with Crippen molar-refractivity contribution in [2.24, 2.45) is 4.99 Å². The molecule has 3 heterocycles. The monoisotopic (exact) mass is 281 g/mol. The average Bonchev–Trinajstić information content (AvgIpc) is 2.73. The van der Waals surface area contributed by atoms with Crippen molar-refractivity contribution in [3.05, 3.63) is 0 Å². The molecule has 2 bridgehead atoms. The van der Waals surface area contributed by atoms with Crippen molar-refractivity contribution < 1.29 is 0 Å². The second-order valence-corrected chi connectivity index (χ2v) is 7.76. The lowest BCUT2D eigenvalue weighted by Gasteiger charge is -2.46. The van der Waals surface area contributed by atoms with Crippen LogP contribution in [-0.4, -0.2) is 46.5 Å². The molecule has 3 unspecified atom stereocenters. The first kappa shape index (κ1) is 13.7. The summed E-state index contributed by atoms with van der Waals surface area (Å²) in [6, 6.07) is 2.12. The van der Waals surface area contributed by atoms with Gasteiger partial charge in [0.1, 0.15) is 0 Å². The summed E-state index contributed by atoms with van der Waals surface area (Å²) < 4.78 is 0. The number of nitrogens with one attached hydrogen (secondary N) is 1. The lowest BCUT2D eigenvalue weighted by atomic mass is 9.82. The van der Waals surface area contributed by atoms with E-state index in [1.54, 1.807) is 0 Å². The summed E-state index contributed by atoms with van der Waals surface area (Å²) in [7, 11) is 2.31. The molecule has 0 amide bonds. The molecular weight excluding hydrogens is 254 g/mol. The highest BCUT2D eigenvalue weighted by Crippen LogP contribution is 2.35. The van der Waals surface area contributed by atoms with Crippen LogP contribution in [0.2, 0.25) is 0 Å². The molecule has 3 saturated heterocycles. The van der Waals surface area contributed by atoms with Crippen molar-refractivity contribution in [3.8, 4) is 0 Å². The van der Waals surface area contributed by atoms with Crippen LogP contribution < -0.4 is 5.32 Å². The smallest absolute Gasteiger partial charge is 0.157 e. The minimum Gasteiger partial charge on any atom is -0.359 e. The molecule has 3 nitrogen and oxygen atoms in total. The molecule has 0 aromatic carbocycles. The molecule has 0 aromatic rings. The Labute approximate surface area is 121 Å². The number of nitrogens with zero attached hydrogens (tertiary/aromatic N) is 2. The number of fused-ring (bicyclic) bond motifs is 2. The van der Waals surface area contributed by atoms with Crippen LogP contribution in [0.1, 0.15) is 52.4 Å². The van der Waals surface area contributed by atoms with Crippen LogP contribution >= 0.6 is 11.8 Å². The van der Waals surface area contributed by atoms with E-state index in [2.05, 4.69) is 31.1 Å². The molecule has 0 saturated carbocycles. The highest BCUT2D eigenvalue weighted by molar-refractivity contribution is 8.14. The van der Waals surface area contributed by atoms with Gasteiger partial charge in [-0.15, -0.1) is 0 Å². The maximum atomic E-state index is 5.04. The van der Waals surface area contributed by atoms with Gasteiger partial charge in [-0.25, -0.2) is 0 Å². The minimum absolute atomic E-state index is 0.269. The summed E-state index contributed by atoms with van der Waals surface area (Å²) in [6.45, 7) is 4.57. The van der Waals surface area contributed by atoms with E-state index in [1.165, 1.54) is 49.4 Å². The molecule has 0 spiro atoms. The summed E-state index contributed by atoms with van der Waals surface area (Å²) in [5, 5.41) is 4.85. The van der Waals surface area contributed by atoms with E-state index in [-0.39, 0.29) is 5.54 Å². The van der Waals surface area contributed by atoms with Gasteiger partial charge in [-0.2, -0.15) is 0 Å². The quantitative estimate of drug-likeness (QED) is 0.843. The zero-order chi connectivity index (χ0) is 13.5. The van der Waals surface area contributed by atoms with Crippen LogP contribution in [0.25, 0.3) is 0 Å². The van der Waals surface area contributed by atoms with Gasteiger partial charge in [-0.3, -0.25) is 4.99 Å². The van der Waals surface area contributed by atoms with E-state index in [9.17, 15) is 0 Å². The van der Waals surface area contributed by atoms with Crippen LogP contribution in [0.4, 0.5) is 0 Å². The fourth-order valence-corrected chi connectivity index (χ4v) is 4.95. The molecule has 3 rings (SSSR count). The predicted octanol–water partition coefficient (Wildman–Crippen LogP) is 2.86. The van der Waals surface area contributed by atoms with E-state index < -0.39 is 0 Å². The molecule has 1 N–H and O–H groups in total.